The lowest BCUT2D eigenvalue weighted by molar-refractivity contribution is -0.116. The van der Waals surface area contributed by atoms with Crippen molar-refractivity contribution in [1.29, 1.82) is 0 Å². The number of carbonyl (C=O) groups is 2. The Morgan fingerprint density at radius 2 is 1.74 bits per heavy atom. The maximum atomic E-state index is 13.1. The van der Waals surface area contributed by atoms with Gasteiger partial charge in [0.05, 0.1) is 27.0 Å². The van der Waals surface area contributed by atoms with Crippen LogP contribution in [-0.4, -0.2) is 39.6 Å². The van der Waals surface area contributed by atoms with Gasteiger partial charge in [-0.05, 0) is 36.8 Å². The van der Waals surface area contributed by atoms with Crippen molar-refractivity contribution in [3.05, 3.63) is 74.9 Å². The fourth-order valence-electron chi connectivity index (χ4n) is 3.36. The van der Waals surface area contributed by atoms with Crippen molar-refractivity contribution in [2.45, 2.75) is 39.5 Å². The second kappa shape index (κ2) is 10.8. The standard InChI is InChI=1S/C25H27Cl3N4O2/c1-5-12-31(24(34)17-11-10-16(26)13-19(17)28)15-23(33)29-22-14-21(25(2,3)4)30-32(22)20-9-7-6-8-18(20)27/h6-11,13-14H,5,12,15H2,1-4H3,(H,29,33). The van der Waals surface area contributed by atoms with E-state index in [4.69, 9.17) is 39.9 Å². The fourth-order valence-corrected chi connectivity index (χ4v) is 4.06. The van der Waals surface area contributed by atoms with Crippen molar-refractivity contribution in [2.75, 3.05) is 18.4 Å². The molecule has 0 saturated carbocycles. The Morgan fingerprint density at radius 1 is 1.03 bits per heavy atom. The second-order valence-electron chi connectivity index (χ2n) is 8.93. The second-order valence-corrected chi connectivity index (χ2v) is 10.2. The summed E-state index contributed by atoms with van der Waals surface area (Å²) in [6.07, 6.45) is 0.677. The van der Waals surface area contributed by atoms with Crippen LogP contribution in [0.4, 0.5) is 5.82 Å². The van der Waals surface area contributed by atoms with Crippen LogP contribution in [0.25, 0.3) is 5.69 Å². The number of nitrogens with one attached hydrogen (secondary N) is 1. The predicted octanol–water partition coefficient (Wildman–Crippen LogP) is 6.62. The van der Waals surface area contributed by atoms with E-state index in [2.05, 4.69) is 5.32 Å². The lowest BCUT2D eigenvalue weighted by Crippen LogP contribution is -2.38. The molecule has 0 aliphatic heterocycles. The summed E-state index contributed by atoms with van der Waals surface area (Å²) in [5.74, 6) is -0.231. The van der Waals surface area contributed by atoms with Gasteiger partial charge < -0.3 is 10.2 Å². The molecule has 0 aliphatic rings. The summed E-state index contributed by atoms with van der Waals surface area (Å²) in [6.45, 7) is 8.29. The van der Waals surface area contributed by atoms with Crippen LogP contribution in [0.3, 0.4) is 0 Å². The van der Waals surface area contributed by atoms with Gasteiger partial charge in [0.2, 0.25) is 5.91 Å². The molecule has 34 heavy (non-hydrogen) atoms. The first-order valence-corrected chi connectivity index (χ1v) is 12.0. The molecule has 0 atom stereocenters. The number of anilines is 1. The van der Waals surface area contributed by atoms with E-state index in [1.54, 1.807) is 22.9 Å². The molecule has 2 amide bonds. The van der Waals surface area contributed by atoms with Crippen LogP contribution >= 0.6 is 34.8 Å². The maximum Gasteiger partial charge on any atom is 0.255 e. The molecular weight excluding hydrogens is 495 g/mol. The summed E-state index contributed by atoms with van der Waals surface area (Å²) in [6, 6.07) is 13.8. The molecule has 6 nitrogen and oxygen atoms in total. The Morgan fingerprint density at radius 3 is 2.35 bits per heavy atom. The third-order valence-electron chi connectivity index (χ3n) is 5.10. The van der Waals surface area contributed by atoms with Gasteiger partial charge in [0, 0.05) is 23.0 Å². The summed E-state index contributed by atoms with van der Waals surface area (Å²) < 4.78 is 1.61. The number of nitrogens with zero attached hydrogens (tertiary/aromatic N) is 3. The molecule has 1 aromatic heterocycles. The Hall–Kier alpha value is -2.54. The van der Waals surface area contributed by atoms with E-state index in [1.807, 2.05) is 52.0 Å². The van der Waals surface area contributed by atoms with Crippen LogP contribution in [0.15, 0.2) is 48.5 Å². The van der Waals surface area contributed by atoms with Crippen molar-refractivity contribution in [3.63, 3.8) is 0 Å². The maximum absolute atomic E-state index is 13.1. The number of carbonyl (C=O) groups excluding carboxylic acids is 2. The zero-order valence-corrected chi connectivity index (χ0v) is 21.8. The Bertz CT molecular complexity index is 1200. The smallest absolute Gasteiger partial charge is 0.255 e. The molecule has 2 aromatic carbocycles. The van der Waals surface area contributed by atoms with E-state index >= 15 is 0 Å². The number of halogens is 3. The number of hydrogen-bond donors (Lipinski definition) is 1. The van der Waals surface area contributed by atoms with Gasteiger partial charge in [0.15, 0.2) is 0 Å². The number of rotatable bonds is 7. The number of amides is 2. The minimum Gasteiger partial charge on any atom is -0.329 e. The molecule has 0 fully saturated rings. The highest BCUT2D eigenvalue weighted by molar-refractivity contribution is 6.36. The first-order valence-electron chi connectivity index (χ1n) is 10.9. The summed E-state index contributed by atoms with van der Waals surface area (Å²) in [7, 11) is 0. The van der Waals surface area contributed by atoms with Gasteiger partial charge in [-0.1, -0.05) is 74.6 Å². The SMILES string of the molecule is CCCN(CC(=O)Nc1cc(C(C)(C)C)nn1-c1ccccc1Cl)C(=O)c1ccc(Cl)cc1Cl. The van der Waals surface area contributed by atoms with Crippen LogP contribution in [0, 0.1) is 0 Å². The summed E-state index contributed by atoms with van der Waals surface area (Å²) in [5.41, 5.74) is 1.48. The zero-order valence-electron chi connectivity index (χ0n) is 19.5. The molecule has 0 bridgehead atoms. The number of para-hydroxylation sites is 1. The van der Waals surface area contributed by atoms with Crippen molar-refractivity contribution >= 4 is 52.4 Å². The average molecular weight is 522 g/mol. The Kier molecular flexibility index (Phi) is 8.29. The van der Waals surface area contributed by atoms with Crippen molar-refractivity contribution in [2.24, 2.45) is 0 Å². The molecule has 3 rings (SSSR count). The van der Waals surface area contributed by atoms with Crippen LogP contribution < -0.4 is 5.32 Å². The molecular formula is C25H27Cl3N4O2. The molecule has 0 aliphatic carbocycles. The number of hydrogen-bond acceptors (Lipinski definition) is 3. The van der Waals surface area contributed by atoms with E-state index in [0.717, 1.165) is 5.69 Å². The third-order valence-corrected chi connectivity index (χ3v) is 5.97. The van der Waals surface area contributed by atoms with Gasteiger partial charge in [-0.15, -0.1) is 0 Å². The van der Waals surface area contributed by atoms with Gasteiger partial charge in [0.1, 0.15) is 12.4 Å². The molecule has 0 unspecified atom stereocenters. The molecule has 9 heteroatoms. The van der Waals surface area contributed by atoms with Gasteiger partial charge in [-0.3, -0.25) is 9.59 Å². The number of benzene rings is 2. The summed E-state index contributed by atoms with van der Waals surface area (Å²) in [5, 5.41) is 8.77. The zero-order chi connectivity index (χ0) is 25.0. The van der Waals surface area contributed by atoms with Crippen molar-refractivity contribution in [1.82, 2.24) is 14.7 Å². The predicted molar refractivity (Wildman–Crippen MR) is 139 cm³/mol. The molecule has 0 saturated heterocycles. The van der Waals surface area contributed by atoms with E-state index in [-0.39, 0.29) is 28.8 Å². The number of aromatic nitrogens is 2. The van der Waals surface area contributed by atoms with E-state index in [9.17, 15) is 9.59 Å². The van der Waals surface area contributed by atoms with Gasteiger partial charge >= 0.3 is 0 Å². The van der Waals surface area contributed by atoms with Crippen molar-refractivity contribution in [3.8, 4) is 5.69 Å². The first-order chi connectivity index (χ1) is 16.0. The summed E-state index contributed by atoms with van der Waals surface area (Å²) >= 11 is 18.6. The topological polar surface area (TPSA) is 67.2 Å². The highest BCUT2D eigenvalue weighted by Crippen LogP contribution is 2.29. The minimum atomic E-state index is -0.361. The Labute approximate surface area is 214 Å². The molecule has 180 valence electrons. The van der Waals surface area contributed by atoms with Crippen molar-refractivity contribution < 1.29 is 9.59 Å². The van der Waals surface area contributed by atoms with Gasteiger partial charge in [0.25, 0.3) is 5.91 Å². The first kappa shape index (κ1) is 26.1. The minimum absolute atomic E-state index is 0.149. The normalized spacial score (nSPS) is 11.4. The highest BCUT2D eigenvalue weighted by atomic mass is 35.5. The third kappa shape index (κ3) is 6.12. The van der Waals surface area contributed by atoms with Crippen LogP contribution in [0.5, 0.6) is 0 Å². The van der Waals surface area contributed by atoms with E-state index in [1.165, 1.54) is 11.0 Å². The lowest BCUT2D eigenvalue weighted by Gasteiger charge is -2.22. The molecule has 0 radical (unpaired) electrons. The Balaban J connectivity index is 1.88. The highest BCUT2D eigenvalue weighted by Gasteiger charge is 2.24. The molecule has 1 N–H and O–H groups in total. The molecule has 0 spiro atoms. The average Bonchev–Trinajstić information content (AvgIpc) is 3.17. The van der Waals surface area contributed by atoms with Crippen LogP contribution in [0.2, 0.25) is 15.1 Å². The monoisotopic (exact) mass is 520 g/mol. The summed E-state index contributed by atoms with van der Waals surface area (Å²) in [4.78, 5) is 27.6. The molecule has 3 aromatic rings. The van der Waals surface area contributed by atoms with E-state index in [0.29, 0.717) is 40.1 Å². The van der Waals surface area contributed by atoms with E-state index < -0.39 is 0 Å². The molecule has 1 heterocycles. The van der Waals surface area contributed by atoms with Gasteiger partial charge in [-0.25, -0.2) is 4.68 Å². The van der Waals surface area contributed by atoms with Crippen LogP contribution in [0.1, 0.15) is 50.2 Å². The quantitative estimate of drug-likeness (QED) is 0.380. The lowest BCUT2D eigenvalue weighted by atomic mass is 9.92. The van der Waals surface area contributed by atoms with Gasteiger partial charge in [-0.2, -0.15) is 5.10 Å². The van der Waals surface area contributed by atoms with Crippen LogP contribution in [-0.2, 0) is 10.2 Å². The largest absolute Gasteiger partial charge is 0.329 e. The fraction of sp³-hybridized carbons (Fsp3) is 0.320.